The summed E-state index contributed by atoms with van der Waals surface area (Å²) in [4.78, 5) is 14.8. The van der Waals surface area contributed by atoms with Crippen LogP contribution in [0.5, 0.6) is 0 Å². The van der Waals surface area contributed by atoms with Crippen LogP contribution in [0, 0.1) is 5.92 Å². The van der Waals surface area contributed by atoms with Gasteiger partial charge in [-0.2, -0.15) is 0 Å². The van der Waals surface area contributed by atoms with E-state index in [0.717, 1.165) is 17.6 Å². The van der Waals surface area contributed by atoms with Crippen LogP contribution in [0.1, 0.15) is 31.0 Å². The highest BCUT2D eigenvalue weighted by Crippen LogP contribution is 2.32. The molecule has 1 fully saturated rings. The molecule has 5 nitrogen and oxygen atoms in total. The van der Waals surface area contributed by atoms with E-state index in [1.807, 2.05) is 0 Å². The SMILES string of the molecule is NC(C(=O)O)c1csc(NCCC2CC2)n1. The van der Waals surface area contributed by atoms with E-state index in [9.17, 15) is 4.79 Å². The fraction of sp³-hybridized carbons (Fsp3) is 0.600. The molecular weight excluding hydrogens is 226 g/mol. The molecule has 0 aromatic carbocycles. The monoisotopic (exact) mass is 241 g/mol. The van der Waals surface area contributed by atoms with Crippen LogP contribution in [0.3, 0.4) is 0 Å². The lowest BCUT2D eigenvalue weighted by Gasteiger charge is -2.02. The molecule has 6 heteroatoms. The third-order valence-electron chi connectivity index (χ3n) is 2.63. The zero-order valence-electron chi connectivity index (χ0n) is 8.85. The van der Waals surface area contributed by atoms with Gasteiger partial charge in [-0.25, -0.2) is 4.98 Å². The molecule has 0 aliphatic heterocycles. The lowest BCUT2D eigenvalue weighted by molar-refractivity contribution is -0.138. The van der Waals surface area contributed by atoms with Crippen LogP contribution in [-0.4, -0.2) is 22.6 Å². The van der Waals surface area contributed by atoms with Gasteiger partial charge in [0.05, 0.1) is 5.69 Å². The smallest absolute Gasteiger partial charge is 0.326 e. The minimum absolute atomic E-state index is 0.423. The van der Waals surface area contributed by atoms with Crippen LogP contribution in [-0.2, 0) is 4.79 Å². The molecule has 0 saturated heterocycles. The zero-order chi connectivity index (χ0) is 11.5. The van der Waals surface area contributed by atoms with Crippen molar-refractivity contribution in [3.63, 3.8) is 0 Å². The molecule has 0 bridgehead atoms. The van der Waals surface area contributed by atoms with Crippen LogP contribution in [0.2, 0.25) is 0 Å². The van der Waals surface area contributed by atoms with Crippen molar-refractivity contribution in [2.45, 2.75) is 25.3 Å². The number of hydrogen-bond acceptors (Lipinski definition) is 5. The number of rotatable bonds is 6. The largest absolute Gasteiger partial charge is 0.480 e. The fourth-order valence-electron chi connectivity index (χ4n) is 1.43. The Bertz CT molecular complexity index is 376. The van der Waals surface area contributed by atoms with E-state index in [0.29, 0.717) is 5.69 Å². The molecule has 1 unspecified atom stereocenters. The van der Waals surface area contributed by atoms with Gasteiger partial charge in [-0.3, -0.25) is 4.79 Å². The maximum Gasteiger partial charge on any atom is 0.326 e. The number of aliphatic carboxylic acids is 1. The Balaban J connectivity index is 1.83. The number of carbonyl (C=O) groups is 1. The van der Waals surface area contributed by atoms with Crippen molar-refractivity contribution < 1.29 is 9.90 Å². The summed E-state index contributed by atoms with van der Waals surface area (Å²) in [6.07, 6.45) is 3.85. The van der Waals surface area contributed by atoms with Crippen molar-refractivity contribution >= 4 is 22.4 Å². The Labute approximate surface area is 97.7 Å². The summed E-state index contributed by atoms with van der Waals surface area (Å²) in [5, 5.41) is 14.4. The van der Waals surface area contributed by atoms with E-state index in [2.05, 4.69) is 10.3 Å². The van der Waals surface area contributed by atoms with Crippen LogP contribution < -0.4 is 11.1 Å². The number of thiazole rings is 1. The lowest BCUT2D eigenvalue weighted by atomic mass is 10.2. The highest BCUT2D eigenvalue weighted by Gasteiger charge is 2.21. The second kappa shape index (κ2) is 4.80. The molecule has 1 atom stereocenters. The van der Waals surface area contributed by atoms with Gasteiger partial charge in [0, 0.05) is 11.9 Å². The summed E-state index contributed by atoms with van der Waals surface area (Å²) in [6, 6.07) is -1.02. The Morgan fingerprint density at radius 1 is 1.75 bits per heavy atom. The molecule has 0 amide bonds. The van der Waals surface area contributed by atoms with Gasteiger partial charge in [0.1, 0.15) is 6.04 Å². The van der Waals surface area contributed by atoms with Gasteiger partial charge in [-0.05, 0) is 12.3 Å². The van der Waals surface area contributed by atoms with E-state index < -0.39 is 12.0 Å². The number of nitrogens with two attached hydrogens (primary N) is 1. The molecule has 1 aliphatic rings. The molecule has 1 aromatic heterocycles. The minimum Gasteiger partial charge on any atom is -0.480 e. The van der Waals surface area contributed by atoms with Crippen molar-refractivity contribution in [2.75, 3.05) is 11.9 Å². The van der Waals surface area contributed by atoms with Crippen molar-refractivity contribution in [1.29, 1.82) is 0 Å². The van der Waals surface area contributed by atoms with E-state index >= 15 is 0 Å². The minimum atomic E-state index is -1.05. The molecule has 0 radical (unpaired) electrons. The van der Waals surface area contributed by atoms with E-state index in [1.54, 1.807) is 5.38 Å². The molecule has 1 saturated carbocycles. The molecule has 1 aliphatic carbocycles. The lowest BCUT2D eigenvalue weighted by Crippen LogP contribution is -2.20. The average Bonchev–Trinajstić information content (AvgIpc) is 2.94. The summed E-state index contributed by atoms with van der Waals surface area (Å²) in [7, 11) is 0. The first-order valence-electron chi connectivity index (χ1n) is 5.34. The molecule has 16 heavy (non-hydrogen) atoms. The first kappa shape index (κ1) is 11.3. The maximum atomic E-state index is 10.6. The van der Waals surface area contributed by atoms with Crippen molar-refractivity contribution in [3.05, 3.63) is 11.1 Å². The van der Waals surface area contributed by atoms with Crippen molar-refractivity contribution in [1.82, 2.24) is 4.98 Å². The summed E-state index contributed by atoms with van der Waals surface area (Å²) in [6.45, 7) is 0.903. The Morgan fingerprint density at radius 3 is 3.12 bits per heavy atom. The molecule has 4 N–H and O–H groups in total. The summed E-state index contributed by atoms with van der Waals surface area (Å²) >= 11 is 1.40. The standard InChI is InChI=1S/C10H15N3O2S/c11-8(9(14)15)7-5-16-10(13-7)12-4-3-6-1-2-6/h5-6,8H,1-4,11H2,(H,12,13)(H,14,15). The van der Waals surface area contributed by atoms with Gasteiger partial charge in [-0.15, -0.1) is 11.3 Å². The number of carboxylic acid groups (broad SMARTS) is 1. The number of nitrogens with one attached hydrogen (secondary N) is 1. The predicted octanol–water partition coefficient (Wildman–Crippen LogP) is 1.44. The van der Waals surface area contributed by atoms with E-state index in [1.165, 1.54) is 30.6 Å². The Hall–Kier alpha value is -1.14. The molecule has 1 heterocycles. The highest BCUT2D eigenvalue weighted by atomic mass is 32.1. The number of nitrogens with zero attached hydrogens (tertiary/aromatic N) is 1. The topological polar surface area (TPSA) is 88.2 Å². The molecular formula is C10H15N3O2S. The van der Waals surface area contributed by atoms with Gasteiger partial charge < -0.3 is 16.2 Å². The second-order valence-corrected chi connectivity index (χ2v) is 4.91. The number of carboxylic acids is 1. The zero-order valence-corrected chi connectivity index (χ0v) is 9.67. The second-order valence-electron chi connectivity index (χ2n) is 4.05. The Kier molecular flexibility index (Phi) is 3.40. The first-order valence-corrected chi connectivity index (χ1v) is 6.22. The normalized spacial score (nSPS) is 17.1. The summed E-state index contributed by atoms with van der Waals surface area (Å²) in [5.41, 5.74) is 5.88. The number of aromatic nitrogens is 1. The van der Waals surface area contributed by atoms with Gasteiger partial charge in [0.15, 0.2) is 5.13 Å². The third-order valence-corrected chi connectivity index (χ3v) is 3.45. The van der Waals surface area contributed by atoms with E-state index in [4.69, 9.17) is 10.8 Å². The molecule has 88 valence electrons. The van der Waals surface area contributed by atoms with Gasteiger partial charge in [-0.1, -0.05) is 12.8 Å². The summed E-state index contributed by atoms with van der Waals surface area (Å²) in [5.74, 6) is -0.164. The van der Waals surface area contributed by atoms with E-state index in [-0.39, 0.29) is 0 Å². The number of hydrogen-bond donors (Lipinski definition) is 3. The van der Waals surface area contributed by atoms with Crippen molar-refractivity contribution in [2.24, 2.45) is 11.7 Å². The van der Waals surface area contributed by atoms with Crippen molar-refractivity contribution in [3.8, 4) is 0 Å². The molecule has 1 aromatic rings. The average molecular weight is 241 g/mol. The van der Waals surface area contributed by atoms with Crippen LogP contribution in [0.15, 0.2) is 5.38 Å². The predicted molar refractivity (Wildman–Crippen MR) is 62.5 cm³/mol. The van der Waals surface area contributed by atoms with Crippen LogP contribution in [0.4, 0.5) is 5.13 Å². The maximum absolute atomic E-state index is 10.6. The quantitative estimate of drug-likeness (QED) is 0.701. The van der Waals surface area contributed by atoms with Crippen LogP contribution >= 0.6 is 11.3 Å². The van der Waals surface area contributed by atoms with Gasteiger partial charge in [0.2, 0.25) is 0 Å². The first-order chi connectivity index (χ1) is 7.66. The third kappa shape index (κ3) is 2.93. The van der Waals surface area contributed by atoms with Gasteiger partial charge >= 0.3 is 5.97 Å². The molecule has 2 rings (SSSR count). The highest BCUT2D eigenvalue weighted by molar-refractivity contribution is 7.13. The molecule has 0 spiro atoms. The Morgan fingerprint density at radius 2 is 2.50 bits per heavy atom. The fourth-order valence-corrected chi connectivity index (χ4v) is 2.20. The van der Waals surface area contributed by atoms with Gasteiger partial charge in [0.25, 0.3) is 0 Å². The summed E-state index contributed by atoms with van der Waals surface area (Å²) < 4.78 is 0. The van der Waals surface area contributed by atoms with Crippen LogP contribution in [0.25, 0.3) is 0 Å². The number of anilines is 1.